The molecule has 1 aromatic rings. The number of hydrogen-bond donors (Lipinski definition) is 1. The second-order valence-electron chi connectivity index (χ2n) is 5.95. The van der Waals surface area contributed by atoms with E-state index in [-0.39, 0.29) is 17.7 Å². The third-order valence-electron chi connectivity index (χ3n) is 3.59. The predicted molar refractivity (Wildman–Crippen MR) is 72.8 cm³/mol. The summed E-state index contributed by atoms with van der Waals surface area (Å²) in [5.41, 5.74) is 1.17. The van der Waals surface area contributed by atoms with Crippen LogP contribution in [0.15, 0.2) is 18.2 Å². The topological polar surface area (TPSA) is 39.7 Å². The van der Waals surface area contributed by atoms with Crippen molar-refractivity contribution in [2.24, 2.45) is 0 Å². The number of morpholine rings is 1. The molecule has 19 heavy (non-hydrogen) atoms. The fourth-order valence-corrected chi connectivity index (χ4v) is 2.80. The summed E-state index contributed by atoms with van der Waals surface area (Å²) in [6.07, 6.45) is 0.0591. The van der Waals surface area contributed by atoms with Crippen LogP contribution in [0.4, 0.5) is 0 Å². The number of benzene rings is 1. The lowest BCUT2D eigenvalue weighted by Gasteiger charge is -2.41. The normalized spacial score (nSPS) is 29.0. The van der Waals surface area contributed by atoms with Crippen molar-refractivity contribution < 1.29 is 14.2 Å². The smallest absolute Gasteiger partial charge is 0.161 e. The molecule has 1 N–H and O–H groups in total. The molecule has 2 unspecified atom stereocenters. The summed E-state index contributed by atoms with van der Waals surface area (Å²) in [4.78, 5) is 0. The Balaban J connectivity index is 1.82. The first-order valence-electron chi connectivity index (χ1n) is 6.84. The summed E-state index contributed by atoms with van der Waals surface area (Å²) >= 11 is 0. The molecule has 2 atom stereocenters. The molecule has 2 aliphatic heterocycles. The van der Waals surface area contributed by atoms with Crippen molar-refractivity contribution in [1.29, 1.82) is 0 Å². The van der Waals surface area contributed by atoms with Crippen molar-refractivity contribution in [3.05, 3.63) is 23.8 Å². The van der Waals surface area contributed by atoms with Crippen LogP contribution < -0.4 is 14.8 Å². The Kier molecular flexibility index (Phi) is 3.15. The summed E-state index contributed by atoms with van der Waals surface area (Å²) in [5.74, 6) is 1.65. The van der Waals surface area contributed by atoms with Gasteiger partial charge in [-0.3, -0.25) is 0 Å². The average Bonchev–Trinajstić information content (AvgIpc) is 2.37. The molecule has 0 amide bonds. The summed E-state index contributed by atoms with van der Waals surface area (Å²) in [6, 6.07) is 6.34. The van der Waals surface area contributed by atoms with Gasteiger partial charge in [0.1, 0.15) is 13.2 Å². The fourth-order valence-electron chi connectivity index (χ4n) is 2.80. The van der Waals surface area contributed by atoms with E-state index in [0.717, 1.165) is 17.1 Å². The van der Waals surface area contributed by atoms with Gasteiger partial charge in [0.15, 0.2) is 11.5 Å². The monoisotopic (exact) mass is 263 g/mol. The van der Waals surface area contributed by atoms with Gasteiger partial charge in [0.05, 0.1) is 12.7 Å². The lowest BCUT2D eigenvalue weighted by molar-refractivity contribution is -0.0497. The summed E-state index contributed by atoms with van der Waals surface area (Å²) in [6.45, 7) is 8.41. The molecule has 0 aromatic heterocycles. The Hall–Kier alpha value is -1.26. The Morgan fingerprint density at radius 2 is 1.89 bits per heavy atom. The maximum Gasteiger partial charge on any atom is 0.161 e. The Bertz CT molecular complexity index is 472. The number of nitrogens with one attached hydrogen (secondary N) is 1. The SMILES string of the molecule is CC1NC(C)(C)COC1c1ccc2c(c1)OCCO2. The zero-order valence-corrected chi connectivity index (χ0v) is 11.7. The van der Waals surface area contributed by atoms with Crippen LogP contribution in [0.25, 0.3) is 0 Å². The average molecular weight is 263 g/mol. The number of rotatable bonds is 1. The zero-order chi connectivity index (χ0) is 13.5. The van der Waals surface area contributed by atoms with E-state index >= 15 is 0 Å². The fraction of sp³-hybridized carbons (Fsp3) is 0.600. The van der Waals surface area contributed by atoms with Crippen LogP contribution in [0.5, 0.6) is 11.5 Å². The van der Waals surface area contributed by atoms with E-state index in [1.54, 1.807) is 0 Å². The molecule has 1 fully saturated rings. The van der Waals surface area contributed by atoms with Crippen LogP contribution in [0.3, 0.4) is 0 Å². The van der Waals surface area contributed by atoms with E-state index in [1.807, 2.05) is 12.1 Å². The highest BCUT2D eigenvalue weighted by molar-refractivity contribution is 5.44. The van der Waals surface area contributed by atoms with Gasteiger partial charge >= 0.3 is 0 Å². The van der Waals surface area contributed by atoms with Crippen LogP contribution in [0.2, 0.25) is 0 Å². The minimum absolute atomic E-state index is 0.0315. The first-order valence-corrected chi connectivity index (χ1v) is 6.84. The molecular formula is C15H21NO3. The Morgan fingerprint density at radius 3 is 2.63 bits per heavy atom. The van der Waals surface area contributed by atoms with Crippen LogP contribution in [0.1, 0.15) is 32.4 Å². The molecular weight excluding hydrogens is 242 g/mol. The molecule has 1 aromatic carbocycles. The van der Waals surface area contributed by atoms with Crippen molar-refractivity contribution in [2.45, 2.75) is 38.5 Å². The maximum atomic E-state index is 6.02. The van der Waals surface area contributed by atoms with Gasteiger partial charge in [-0.25, -0.2) is 0 Å². The van der Waals surface area contributed by atoms with E-state index in [0.29, 0.717) is 19.8 Å². The predicted octanol–water partition coefficient (Wildman–Crippen LogP) is 2.29. The zero-order valence-electron chi connectivity index (χ0n) is 11.7. The molecule has 0 saturated carbocycles. The van der Waals surface area contributed by atoms with Gasteiger partial charge in [-0.1, -0.05) is 6.07 Å². The number of fused-ring (bicyclic) bond motifs is 1. The highest BCUT2D eigenvalue weighted by atomic mass is 16.6. The second kappa shape index (κ2) is 4.69. The van der Waals surface area contributed by atoms with Crippen LogP contribution in [0, 0.1) is 0 Å². The molecule has 0 aliphatic carbocycles. The quantitative estimate of drug-likeness (QED) is 0.844. The van der Waals surface area contributed by atoms with Crippen molar-refractivity contribution in [2.75, 3.05) is 19.8 Å². The standard InChI is InChI=1S/C15H21NO3/c1-10-14(19-9-15(2,3)16-10)11-4-5-12-13(8-11)18-7-6-17-12/h4-5,8,10,14,16H,6-7,9H2,1-3H3. The molecule has 4 nitrogen and oxygen atoms in total. The molecule has 0 bridgehead atoms. The third-order valence-corrected chi connectivity index (χ3v) is 3.59. The van der Waals surface area contributed by atoms with Gasteiger partial charge in [-0.15, -0.1) is 0 Å². The molecule has 0 radical (unpaired) electrons. The lowest BCUT2D eigenvalue weighted by atomic mass is 9.95. The summed E-state index contributed by atoms with van der Waals surface area (Å²) < 4.78 is 17.2. The van der Waals surface area contributed by atoms with Gasteiger partial charge in [-0.05, 0) is 38.5 Å². The molecule has 1 saturated heterocycles. The minimum atomic E-state index is 0.0315. The van der Waals surface area contributed by atoms with Gasteiger partial charge in [0.2, 0.25) is 0 Å². The van der Waals surface area contributed by atoms with E-state index in [9.17, 15) is 0 Å². The lowest BCUT2D eigenvalue weighted by Crippen LogP contribution is -2.55. The molecule has 4 heteroatoms. The van der Waals surface area contributed by atoms with Gasteiger partial charge < -0.3 is 19.5 Å². The maximum absolute atomic E-state index is 6.02. The van der Waals surface area contributed by atoms with Gasteiger partial charge in [0.25, 0.3) is 0 Å². The highest BCUT2D eigenvalue weighted by Crippen LogP contribution is 2.36. The number of hydrogen-bond acceptors (Lipinski definition) is 4. The third kappa shape index (κ3) is 2.55. The van der Waals surface area contributed by atoms with Crippen molar-refractivity contribution in [3.8, 4) is 11.5 Å². The highest BCUT2D eigenvalue weighted by Gasteiger charge is 2.33. The van der Waals surface area contributed by atoms with E-state index in [4.69, 9.17) is 14.2 Å². The van der Waals surface area contributed by atoms with Crippen LogP contribution >= 0.6 is 0 Å². The summed E-state index contributed by atoms with van der Waals surface area (Å²) in [7, 11) is 0. The minimum Gasteiger partial charge on any atom is -0.486 e. The van der Waals surface area contributed by atoms with E-state index in [1.165, 1.54) is 0 Å². The first-order chi connectivity index (χ1) is 9.05. The largest absolute Gasteiger partial charge is 0.486 e. The molecule has 2 heterocycles. The number of ether oxygens (including phenoxy) is 3. The van der Waals surface area contributed by atoms with Gasteiger partial charge in [0, 0.05) is 11.6 Å². The Labute approximate surface area is 114 Å². The Morgan fingerprint density at radius 1 is 1.16 bits per heavy atom. The first kappa shape index (κ1) is 12.8. The van der Waals surface area contributed by atoms with Crippen molar-refractivity contribution in [3.63, 3.8) is 0 Å². The molecule has 104 valence electrons. The van der Waals surface area contributed by atoms with E-state index in [2.05, 4.69) is 32.2 Å². The molecule has 0 spiro atoms. The van der Waals surface area contributed by atoms with E-state index < -0.39 is 0 Å². The summed E-state index contributed by atoms with van der Waals surface area (Å²) in [5, 5.41) is 3.59. The van der Waals surface area contributed by atoms with Crippen LogP contribution in [-0.2, 0) is 4.74 Å². The van der Waals surface area contributed by atoms with Crippen molar-refractivity contribution in [1.82, 2.24) is 5.32 Å². The van der Waals surface area contributed by atoms with Gasteiger partial charge in [-0.2, -0.15) is 0 Å². The van der Waals surface area contributed by atoms with Crippen molar-refractivity contribution >= 4 is 0 Å². The second-order valence-corrected chi connectivity index (χ2v) is 5.95. The van der Waals surface area contributed by atoms with Crippen LogP contribution in [-0.4, -0.2) is 31.4 Å². The molecule has 2 aliphatic rings. The molecule has 3 rings (SSSR count).